The summed E-state index contributed by atoms with van der Waals surface area (Å²) in [6, 6.07) is 13.4. The molecule has 2 N–H and O–H groups in total. The number of hydrogen-bond donors (Lipinski definition) is 2. The number of fused-ring (bicyclic) bond motifs is 1. The Morgan fingerprint density at radius 2 is 1.97 bits per heavy atom. The van der Waals surface area contributed by atoms with Crippen LogP contribution in [-0.4, -0.2) is 48.1 Å². The van der Waals surface area contributed by atoms with E-state index in [9.17, 15) is 4.79 Å². The molecule has 2 aromatic carbocycles. The SMILES string of the molecule is COc1ccc(OC)c(NC(=O)C2CCN(Cc3nc4ccccc4[nH]3)CC2)c1. The number of nitrogens with zero attached hydrogens (tertiary/aromatic N) is 2. The van der Waals surface area contributed by atoms with Gasteiger partial charge in [-0.1, -0.05) is 12.1 Å². The van der Waals surface area contributed by atoms with Gasteiger partial charge in [-0.15, -0.1) is 0 Å². The van der Waals surface area contributed by atoms with Crippen LogP contribution in [0, 0.1) is 5.92 Å². The number of nitrogens with one attached hydrogen (secondary N) is 2. The maximum absolute atomic E-state index is 12.8. The Balaban J connectivity index is 1.34. The Bertz CT molecular complexity index is 960. The molecule has 1 aliphatic rings. The molecule has 0 atom stereocenters. The van der Waals surface area contributed by atoms with Crippen LogP contribution in [0.2, 0.25) is 0 Å². The largest absolute Gasteiger partial charge is 0.497 e. The van der Waals surface area contributed by atoms with E-state index in [0.717, 1.165) is 49.3 Å². The number of amides is 1. The topological polar surface area (TPSA) is 79.5 Å². The molecule has 1 amide bonds. The van der Waals surface area contributed by atoms with Crippen LogP contribution in [0.1, 0.15) is 18.7 Å². The van der Waals surface area contributed by atoms with Gasteiger partial charge in [-0.2, -0.15) is 0 Å². The molecule has 7 nitrogen and oxygen atoms in total. The molecule has 0 unspecified atom stereocenters. The number of rotatable bonds is 6. The first kappa shape index (κ1) is 19.3. The lowest BCUT2D eigenvalue weighted by atomic mass is 9.95. The standard InChI is InChI=1S/C22H26N4O3/c1-28-16-7-8-20(29-2)19(13-16)25-22(27)15-9-11-26(12-10-15)14-21-23-17-5-3-4-6-18(17)24-21/h3-8,13,15H,9-12,14H2,1-2H3,(H,23,24)(H,25,27). The highest BCUT2D eigenvalue weighted by molar-refractivity contribution is 5.94. The Morgan fingerprint density at radius 3 is 2.69 bits per heavy atom. The number of hydrogen-bond acceptors (Lipinski definition) is 5. The Hall–Kier alpha value is -3.06. The van der Waals surface area contributed by atoms with E-state index in [-0.39, 0.29) is 11.8 Å². The third-order valence-electron chi connectivity index (χ3n) is 5.43. The molecule has 3 aromatic rings. The van der Waals surface area contributed by atoms with Gasteiger partial charge in [-0.25, -0.2) is 4.98 Å². The van der Waals surface area contributed by atoms with Gasteiger partial charge in [-0.05, 0) is 50.2 Å². The van der Waals surface area contributed by atoms with Crippen LogP contribution in [-0.2, 0) is 11.3 Å². The minimum absolute atomic E-state index is 0.0159. The van der Waals surface area contributed by atoms with Gasteiger partial charge in [0.15, 0.2) is 0 Å². The number of anilines is 1. The highest BCUT2D eigenvalue weighted by atomic mass is 16.5. The van der Waals surface area contributed by atoms with Crippen molar-refractivity contribution in [1.82, 2.24) is 14.9 Å². The van der Waals surface area contributed by atoms with Crippen molar-refractivity contribution in [2.75, 3.05) is 32.6 Å². The van der Waals surface area contributed by atoms with Gasteiger partial charge in [0.2, 0.25) is 5.91 Å². The third-order valence-corrected chi connectivity index (χ3v) is 5.43. The van der Waals surface area contributed by atoms with Crippen molar-refractivity contribution in [2.24, 2.45) is 5.92 Å². The summed E-state index contributed by atoms with van der Waals surface area (Å²) in [5, 5.41) is 3.01. The summed E-state index contributed by atoms with van der Waals surface area (Å²) in [5.74, 6) is 2.29. The van der Waals surface area contributed by atoms with E-state index in [1.165, 1.54) is 0 Å². The summed E-state index contributed by atoms with van der Waals surface area (Å²) < 4.78 is 10.6. The zero-order valence-electron chi connectivity index (χ0n) is 16.8. The van der Waals surface area contributed by atoms with Gasteiger partial charge in [0, 0.05) is 12.0 Å². The van der Waals surface area contributed by atoms with E-state index in [4.69, 9.17) is 9.47 Å². The summed E-state index contributed by atoms with van der Waals surface area (Å²) in [4.78, 5) is 23.1. The molecule has 152 valence electrons. The van der Waals surface area contributed by atoms with Crippen LogP contribution in [0.15, 0.2) is 42.5 Å². The van der Waals surface area contributed by atoms with Crippen molar-refractivity contribution in [1.29, 1.82) is 0 Å². The normalized spacial score (nSPS) is 15.4. The lowest BCUT2D eigenvalue weighted by Crippen LogP contribution is -2.38. The van der Waals surface area contributed by atoms with Gasteiger partial charge in [0.1, 0.15) is 17.3 Å². The number of benzene rings is 2. The van der Waals surface area contributed by atoms with Gasteiger partial charge in [-0.3, -0.25) is 9.69 Å². The molecule has 0 bridgehead atoms. The number of ether oxygens (including phenoxy) is 2. The van der Waals surface area contributed by atoms with Crippen LogP contribution in [0.25, 0.3) is 11.0 Å². The number of aromatic amines is 1. The number of H-pyrrole nitrogens is 1. The summed E-state index contributed by atoms with van der Waals surface area (Å²) in [5.41, 5.74) is 2.69. The number of carbonyl (C=O) groups is 1. The summed E-state index contributed by atoms with van der Waals surface area (Å²) in [7, 11) is 3.19. The van der Waals surface area contributed by atoms with Crippen LogP contribution < -0.4 is 14.8 Å². The number of likely N-dealkylation sites (tertiary alicyclic amines) is 1. The molecule has 0 spiro atoms. The smallest absolute Gasteiger partial charge is 0.227 e. The quantitative estimate of drug-likeness (QED) is 0.670. The molecular formula is C22H26N4O3. The maximum Gasteiger partial charge on any atom is 0.227 e. The summed E-state index contributed by atoms with van der Waals surface area (Å²) in [6.45, 7) is 2.50. The second-order valence-electron chi connectivity index (χ2n) is 7.31. The van der Waals surface area contributed by atoms with Crippen molar-refractivity contribution in [3.63, 3.8) is 0 Å². The minimum atomic E-state index is -0.0159. The lowest BCUT2D eigenvalue weighted by Gasteiger charge is -2.30. The van der Waals surface area contributed by atoms with Crippen molar-refractivity contribution in [2.45, 2.75) is 19.4 Å². The number of methoxy groups -OCH3 is 2. The van der Waals surface area contributed by atoms with Gasteiger partial charge in [0.05, 0.1) is 37.5 Å². The van der Waals surface area contributed by atoms with E-state index in [1.54, 1.807) is 26.4 Å². The van der Waals surface area contributed by atoms with E-state index >= 15 is 0 Å². The Kier molecular flexibility index (Phi) is 5.67. The first-order valence-electron chi connectivity index (χ1n) is 9.85. The molecule has 0 saturated carbocycles. The predicted molar refractivity (Wildman–Crippen MR) is 112 cm³/mol. The van der Waals surface area contributed by atoms with E-state index in [1.807, 2.05) is 30.3 Å². The number of para-hydroxylation sites is 2. The van der Waals surface area contributed by atoms with Crippen molar-refractivity contribution in [3.8, 4) is 11.5 Å². The number of imidazole rings is 1. The zero-order valence-corrected chi connectivity index (χ0v) is 16.8. The maximum atomic E-state index is 12.8. The number of aromatic nitrogens is 2. The first-order chi connectivity index (χ1) is 14.2. The van der Waals surface area contributed by atoms with Crippen LogP contribution >= 0.6 is 0 Å². The second-order valence-corrected chi connectivity index (χ2v) is 7.31. The highest BCUT2D eigenvalue weighted by Crippen LogP contribution is 2.30. The Labute approximate surface area is 170 Å². The van der Waals surface area contributed by atoms with Crippen LogP contribution in [0.4, 0.5) is 5.69 Å². The van der Waals surface area contributed by atoms with Crippen molar-refractivity contribution >= 4 is 22.6 Å². The average molecular weight is 394 g/mol. The average Bonchev–Trinajstić information content (AvgIpc) is 3.16. The molecule has 29 heavy (non-hydrogen) atoms. The van der Waals surface area contributed by atoms with Gasteiger partial charge < -0.3 is 19.8 Å². The summed E-state index contributed by atoms with van der Waals surface area (Å²) >= 11 is 0. The molecule has 4 rings (SSSR count). The predicted octanol–water partition coefficient (Wildman–Crippen LogP) is 3.43. The van der Waals surface area contributed by atoms with Crippen molar-refractivity contribution in [3.05, 3.63) is 48.3 Å². The molecule has 2 heterocycles. The minimum Gasteiger partial charge on any atom is -0.497 e. The van der Waals surface area contributed by atoms with E-state index in [0.29, 0.717) is 17.2 Å². The second kappa shape index (κ2) is 8.53. The fraction of sp³-hybridized carbons (Fsp3) is 0.364. The van der Waals surface area contributed by atoms with Crippen LogP contribution in [0.5, 0.6) is 11.5 Å². The number of piperidine rings is 1. The lowest BCUT2D eigenvalue weighted by molar-refractivity contribution is -0.121. The van der Waals surface area contributed by atoms with Gasteiger partial charge >= 0.3 is 0 Å². The van der Waals surface area contributed by atoms with Gasteiger partial charge in [0.25, 0.3) is 0 Å². The highest BCUT2D eigenvalue weighted by Gasteiger charge is 2.26. The molecule has 0 aliphatic carbocycles. The van der Waals surface area contributed by atoms with E-state index in [2.05, 4.69) is 20.2 Å². The molecular weight excluding hydrogens is 368 g/mol. The Morgan fingerprint density at radius 1 is 1.17 bits per heavy atom. The zero-order chi connectivity index (χ0) is 20.2. The van der Waals surface area contributed by atoms with Crippen LogP contribution in [0.3, 0.4) is 0 Å². The molecule has 0 radical (unpaired) electrons. The van der Waals surface area contributed by atoms with E-state index < -0.39 is 0 Å². The van der Waals surface area contributed by atoms with Crippen molar-refractivity contribution < 1.29 is 14.3 Å². The molecule has 1 aliphatic heterocycles. The fourth-order valence-electron chi connectivity index (χ4n) is 3.79. The molecule has 1 fully saturated rings. The molecule has 1 saturated heterocycles. The monoisotopic (exact) mass is 394 g/mol. The third kappa shape index (κ3) is 4.35. The fourth-order valence-corrected chi connectivity index (χ4v) is 3.79. The first-order valence-corrected chi connectivity index (χ1v) is 9.85. The summed E-state index contributed by atoms with van der Waals surface area (Å²) in [6.07, 6.45) is 1.64. The molecule has 1 aromatic heterocycles. The number of carbonyl (C=O) groups excluding carboxylic acids is 1. The molecule has 7 heteroatoms.